The summed E-state index contributed by atoms with van der Waals surface area (Å²) in [6.07, 6.45) is 0.163. The summed E-state index contributed by atoms with van der Waals surface area (Å²) in [7, 11) is 0. The van der Waals surface area contributed by atoms with Gasteiger partial charge in [-0.2, -0.15) is 5.26 Å². The molecule has 3 amide bonds. The second-order valence-corrected chi connectivity index (χ2v) is 6.68. The molecule has 1 fully saturated rings. The van der Waals surface area contributed by atoms with Crippen molar-refractivity contribution in [3.63, 3.8) is 0 Å². The van der Waals surface area contributed by atoms with Crippen molar-refractivity contribution in [3.05, 3.63) is 60.2 Å². The van der Waals surface area contributed by atoms with Crippen LogP contribution in [0.3, 0.4) is 0 Å². The molecule has 1 spiro atoms. The average molecular weight is 360 g/mol. The van der Waals surface area contributed by atoms with Gasteiger partial charge in [-0.1, -0.05) is 36.4 Å². The van der Waals surface area contributed by atoms with Crippen LogP contribution >= 0.6 is 0 Å². The van der Waals surface area contributed by atoms with E-state index in [1.54, 1.807) is 36.4 Å². The van der Waals surface area contributed by atoms with Gasteiger partial charge in [-0.25, -0.2) is 0 Å². The fourth-order valence-electron chi connectivity index (χ4n) is 3.80. The van der Waals surface area contributed by atoms with Gasteiger partial charge >= 0.3 is 11.8 Å². The predicted octanol–water partition coefficient (Wildman–Crippen LogP) is 1.64. The van der Waals surface area contributed by atoms with Gasteiger partial charge in [0.15, 0.2) is 0 Å². The van der Waals surface area contributed by atoms with E-state index in [1.807, 2.05) is 18.2 Å². The minimum atomic E-state index is -1.00. The number of para-hydroxylation sites is 2. The Morgan fingerprint density at radius 2 is 1.85 bits per heavy atom. The number of hydrogen-bond donors (Lipinski definition) is 2. The van der Waals surface area contributed by atoms with Crippen LogP contribution in [0.4, 0.5) is 11.4 Å². The topological polar surface area (TPSA) is 102 Å². The number of carbonyl (C=O) groups is 3. The molecule has 4 rings (SSSR count). The van der Waals surface area contributed by atoms with Crippen LogP contribution in [0.15, 0.2) is 54.6 Å². The van der Waals surface area contributed by atoms with Crippen LogP contribution in [-0.2, 0) is 19.8 Å². The largest absolute Gasteiger partial charge is 0.325 e. The van der Waals surface area contributed by atoms with E-state index in [0.717, 1.165) is 5.56 Å². The number of likely N-dealkylation sites (tertiary alicyclic amines) is 1. The molecule has 2 aliphatic rings. The van der Waals surface area contributed by atoms with Gasteiger partial charge in [0.2, 0.25) is 5.91 Å². The van der Waals surface area contributed by atoms with Crippen molar-refractivity contribution in [2.45, 2.75) is 17.9 Å². The highest BCUT2D eigenvalue weighted by Gasteiger charge is 2.56. The number of anilines is 2. The van der Waals surface area contributed by atoms with Crippen LogP contribution in [0.25, 0.3) is 0 Å². The SMILES string of the molecule is N#CC1C[C@@]2(CN1C(=O)C(=O)Nc1ccccc1)C(=O)Nc1ccccc12. The lowest BCUT2D eigenvalue weighted by atomic mass is 9.80. The molecule has 2 N–H and O–H groups in total. The molecule has 7 nitrogen and oxygen atoms in total. The first kappa shape index (κ1) is 16.8. The monoisotopic (exact) mass is 360 g/mol. The summed E-state index contributed by atoms with van der Waals surface area (Å²) in [6.45, 7) is -0.00484. The number of rotatable bonds is 1. The lowest BCUT2D eigenvalue weighted by Crippen LogP contribution is -2.44. The third-order valence-corrected chi connectivity index (χ3v) is 5.12. The maximum Gasteiger partial charge on any atom is 0.313 e. The third-order valence-electron chi connectivity index (χ3n) is 5.12. The zero-order chi connectivity index (χ0) is 19.0. The van der Waals surface area contributed by atoms with Gasteiger partial charge < -0.3 is 15.5 Å². The first-order valence-corrected chi connectivity index (χ1v) is 8.53. The number of fused-ring (bicyclic) bond motifs is 2. The van der Waals surface area contributed by atoms with E-state index < -0.39 is 23.3 Å². The first-order chi connectivity index (χ1) is 13.0. The average Bonchev–Trinajstić information content (AvgIpc) is 3.21. The number of amides is 3. The lowest BCUT2D eigenvalue weighted by molar-refractivity contribution is -0.143. The quantitative estimate of drug-likeness (QED) is 0.755. The van der Waals surface area contributed by atoms with E-state index >= 15 is 0 Å². The molecule has 0 saturated carbocycles. The molecule has 2 aromatic rings. The molecular weight excluding hydrogens is 344 g/mol. The normalized spacial score (nSPS) is 22.9. The van der Waals surface area contributed by atoms with Crippen molar-refractivity contribution in [1.29, 1.82) is 5.26 Å². The van der Waals surface area contributed by atoms with E-state index in [2.05, 4.69) is 16.7 Å². The van der Waals surface area contributed by atoms with E-state index in [0.29, 0.717) is 11.4 Å². The summed E-state index contributed by atoms with van der Waals surface area (Å²) < 4.78 is 0. The molecule has 2 aliphatic heterocycles. The summed E-state index contributed by atoms with van der Waals surface area (Å²) >= 11 is 0. The molecule has 0 aliphatic carbocycles. The van der Waals surface area contributed by atoms with Gasteiger partial charge in [0.05, 0.1) is 11.5 Å². The first-order valence-electron chi connectivity index (χ1n) is 8.53. The van der Waals surface area contributed by atoms with Crippen molar-refractivity contribution in [2.24, 2.45) is 0 Å². The summed E-state index contributed by atoms with van der Waals surface area (Å²) in [5.41, 5.74) is 0.929. The van der Waals surface area contributed by atoms with E-state index in [-0.39, 0.29) is 18.9 Å². The van der Waals surface area contributed by atoms with E-state index in [1.165, 1.54) is 4.90 Å². The van der Waals surface area contributed by atoms with Crippen LogP contribution in [0.2, 0.25) is 0 Å². The number of hydrogen-bond acceptors (Lipinski definition) is 4. The Labute approximate surface area is 155 Å². The molecule has 2 heterocycles. The van der Waals surface area contributed by atoms with E-state index in [9.17, 15) is 19.6 Å². The zero-order valence-electron chi connectivity index (χ0n) is 14.3. The Morgan fingerprint density at radius 3 is 2.59 bits per heavy atom. The van der Waals surface area contributed by atoms with Gasteiger partial charge in [-0.3, -0.25) is 14.4 Å². The minimum Gasteiger partial charge on any atom is -0.325 e. The second kappa shape index (κ2) is 6.25. The lowest BCUT2D eigenvalue weighted by Gasteiger charge is -2.22. The molecular formula is C20H16N4O3. The molecule has 0 bridgehead atoms. The Balaban J connectivity index is 1.61. The fourth-order valence-corrected chi connectivity index (χ4v) is 3.80. The summed E-state index contributed by atoms with van der Waals surface area (Å²) in [5.74, 6) is -1.90. The van der Waals surface area contributed by atoms with Crippen molar-refractivity contribution < 1.29 is 14.4 Å². The summed E-state index contributed by atoms with van der Waals surface area (Å²) in [5, 5.41) is 14.9. The third kappa shape index (κ3) is 2.62. The Morgan fingerprint density at radius 1 is 1.15 bits per heavy atom. The predicted molar refractivity (Wildman–Crippen MR) is 97.6 cm³/mol. The number of nitriles is 1. The molecule has 1 saturated heterocycles. The fraction of sp³-hybridized carbons (Fsp3) is 0.200. The molecule has 0 radical (unpaired) electrons. The number of carbonyl (C=O) groups excluding carboxylic acids is 3. The maximum absolute atomic E-state index is 12.7. The maximum atomic E-state index is 12.7. The summed E-state index contributed by atoms with van der Waals surface area (Å²) in [6, 6.07) is 17.0. The standard InChI is InChI=1S/C20H16N4O3/c21-11-14-10-20(15-8-4-5-9-16(15)23-19(20)27)12-24(14)18(26)17(25)22-13-6-2-1-3-7-13/h1-9,14H,10,12H2,(H,22,25)(H,23,27)/t14?,20-/m0/s1. The van der Waals surface area contributed by atoms with Gasteiger partial charge in [-0.15, -0.1) is 0 Å². The van der Waals surface area contributed by atoms with Crippen LogP contribution in [0.5, 0.6) is 0 Å². The Kier molecular flexibility index (Phi) is 3.89. The van der Waals surface area contributed by atoms with Crippen molar-refractivity contribution in [1.82, 2.24) is 4.90 Å². The number of nitrogens with zero attached hydrogens (tertiary/aromatic N) is 2. The Bertz CT molecular complexity index is 982. The number of benzene rings is 2. The molecule has 2 atom stereocenters. The molecule has 1 unspecified atom stereocenters. The van der Waals surface area contributed by atoms with Crippen molar-refractivity contribution in [3.8, 4) is 6.07 Å². The van der Waals surface area contributed by atoms with Crippen molar-refractivity contribution >= 4 is 29.1 Å². The van der Waals surface area contributed by atoms with Gasteiger partial charge in [-0.05, 0) is 23.8 Å². The molecule has 0 aromatic heterocycles. The zero-order valence-corrected chi connectivity index (χ0v) is 14.3. The highest BCUT2D eigenvalue weighted by atomic mass is 16.2. The van der Waals surface area contributed by atoms with Crippen LogP contribution < -0.4 is 10.6 Å². The van der Waals surface area contributed by atoms with Crippen LogP contribution in [-0.4, -0.2) is 35.2 Å². The molecule has 2 aromatic carbocycles. The minimum absolute atomic E-state index is 0.00484. The van der Waals surface area contributed by atoms with E-state index in [4.69, 9.17) is 0 Å². The molecule has 27 heavy (non-hydrogen) atoms. The smallest absolute Gasteiger partial charge is 0.313 e. The number of nitrogens with one attached hydrogen (secondary N) is 2. The molecule has 134 valence electrons. The van der Waals surface area contributed by atoms with Gasteiger partial charge in [0, 0.05) is 24.3 Å². The van der Waals surface area contributed by atoms with Gasteiger partial charge in [0.1, 0.15) is 6.04 Å². The highest BCUT2D eigenvalue weighted by molar-refractivity contribution is 6.39. The Hall–Kier alpha value is -3.66. The van der Waals surface area contributed by atoms with Crippen LogP contribution in [0, 0.1) is 11.3 Å². The van der Waals surface area contributed by atoms with Crippen molar-refractivity contribution in [2.75, 3.05) is 17.2 Å². The second-order valence-electron chi connectivity index (χ2n) is 6.68. The molecule has 7 heteroatoms. The van der Waals surface area contributed by atoms with Crippen LogP contribution in [0.1, 0.15) is 12.0 Å². The van der Waals surface area contributed by atoms with Gasteiger partial charge in [0.25, 0.3) is 0 Å². The summed E-state index contributed by atoms with van der Waals surface area (Å²) in [4.78, 5) is 39.0. The highest BCUT2D eigenvalue weighted by Crippen LogP contribution is 2.46.